The molecule has 0 heterocycles. The van der Waals surface area contributed by atoms with Gasteiger partial charge in [-0.2, -0.15) is 0 Å². The van der Waals surface area contributed by atoms with E-state index in [1.54, 1.807) is 0 Å². The standard InChI is InChI=1S/C15H29N3O2/c1-3-7-14(19)17-12-15(20)16-10-11-18(2)13-8-5-4-6-9-13/h13H,3-12H2,1-2H3,(H,16,20)(H,17,19). The van der Waals surface area contributed by atoms with Crippen LogP contribution in [-0.4, -0.2) is 49.4 Å². The number of hydrogen-bond acceptors (Lipinski definition) is 3. The second-order valence-electron chi connectivity index (χ2n) is 5.65. The Morgan fingerprint density at radius 3 is 2.45 bits per heavy atom. The molecule has 0 aromatic rings. The number of likely N-dealkylation sites (N-methyl/N-ethyl adjacent to an activating group) is 1. The van der Waals surface area contributed by atoms with Crippen LogP contribution in [0.25, 0.3) is 0 Å². The summed E-state index contributed by atoms with van der Waals surface area (Å²) in [5, 5.41) is 5.48. The van der Waals surface area contributed by atoms with E-state index in [0.29, 0.717) is 19.0 Å². The number of nitrogens with zero attached hydrogens (tertiary/aromatic N) is 1. The molecule has 0 aromatic carbocycles. The minimum atomic E-state index is -0.105. The zero-order valence-corrected chi connectivity index (χ0v) is 12.9. The average molecular weight is 283 g/mol. The minimum Gasteiger partial charge on any atom is -0.353 e. The van der Waals surface area contributed by atoms with E-state index < -0.39 is 0 Å². The van der Waals surface area contributed by atoms with Crippen LogP contribution in [0, 0.1) is 0 Å². The molecule has 5 nitrogen and oxygen atoms in total. The molecule has 2 N–H and O–H groups in total. The molecule has 116 valence electrons. The van der Waals surface area contributed by atoms with Crippen molar-refractivity contribution in [2.75, 3.05) is 26.7 Å². The van der Waals surface area contributed by atoms with Gasteiger partial charge < -0.3 is 15.5 Å². The van der Waals surface area contributed by atoms with E-state index in [9.17, 15) is 9.59 Å². The lowest BCUT2D eigenvalue weighted by Gasteiger charge is -2.31. The molecule has 0 saturated heterocycles. The Morgan fingerprint density at radius 1 is 1.10 bits per heavy atom. The van der Waals surface area contributed by atoms with Gasteiger partial charge >= 0.3 is 0 Å². The van der Waals surface area contributed by atoms with Gasteiger partial charge in [0, 0.05) is 25.6 Å². The topological polar surface area (TPSA) is 61.4 Å². The quantitative estimate of drug-likeness (QED) is 0.705. The molecule has 0 aliphatic heterocycles. The molecule has 1 rings (SSSR count). The van der Waals surface area contributed by atoms with Gasteiger partial charge in [0.1, 0.15) is 0 Å². The van der Waals surface area contributed by atoms with E-state index in [0.717, 1.165) is 13.0 Å². The third-order valence-electron chi connectivity index (χ3n) is 3.91. The largest absolute Gasteiger partial charge is 0.353 e. The third kappa shape index (κ3) is 6.89. The molecule has 0 spiro atoms. The van der Waals surface area contributed by atoms with Crippen LogP contribution in [0.5, 0.6) is 0 Å². The fourth-order valence-electron chi connectivity index (χ4n) is 2.63. The third-order valence-corrected chi connectivity index (χ3v) is 3.91. The van der Waals surface area contributed by atoms with Crippen molar-refractivity contribution < 1.29 is 9.59 Å². The summed E-state index contributed by atoms with van der Waals surface area (Å²) >= 11 is 0. The summed E-state index contributed by atoms with van der Waals surface area (Å²) < 4.78 is 0. The number of carbonyl (C=O) groups is 2. The molecule has 0 atom stereocenters. The van der Waals surface area contributed by atoms with Crippen molar-refractivity contribution in [2.24, 2.45) is 0 Å². The molecule has 0 bridgehead atoms. The van der Waals surface area contributed by atoms with Crippen LogP contribution in [0.4, 0.5) is 0 Å². The van der Waals surface area contributed by atoms with Crippen molar-refractivity contribution in [1.82, 2.24) is 15.5 Å². The summed E-state index contributed by atoms with van der Waals surface area (Å²) in [5.74, 6) is -0.159. The van der Waals surface area contributed by atoms with Gasteiger partial charge in [-0.15, -0.1) is 0 Å². The van der Waals surface area contributed by atoms with Gasteiger partial charge in [0.2, 0.25) is 11.8 Å². The Balaban J connectivity index is 2.07. The second kappa shape index (κ2) is 9.75. The molecule has 1 saturated carbocycles. The second-order valence-corrected chi connectivity index (χ2v) is 5.65. The summed E-state index contributed by atoms with van der Waals surface area (Å²) in [7, 11) is 2.13. The highest BCUT2D eigenvalue weighted by molar-refractivity contribution is 5.84. The lowest BCUT2D eigenvalue weighted by molar-refractivity contribution is -0.126. The van der Waals surface area contributed by atoms with Crippen LogP contribution >= 0.6 is 0 Å². The van der Waals surface area contributed by atoms with Crippen LogP contribution < -0.4 is 10.6 Å². The zero-order chi connectivity index (χ0) is 14.8. The molecule has 5 heteroatoms. The maximum atomic E-state index is 11.6. The van der Waals surface area contributed by atoms with E-state index in [2.05, 4.69) is 22.6 Å². The smallest absolute Gasteiger partial charge is 0.239 e. The fraction of sp³-hybridized carbons (Fsp3) is 0.867. The molecule has 0 aromatic heterocycles. The van der Waals surface area contributed by atoms with E-state index >= 15 is 0 Å². The molecule has 2 amide bonds. The molecule has 1 aliphatic carbocycles. The number of nitrogens with one attached hydrogen (secondary N) is 2. The predicted molar refractivity (Wildman–Crippen MR) is 80.4 cm³/mol. The van der Waals surface area contributed by atoms with Gasteiger partial charge in [0.05, 0.1) is 6.54 Å². The first-order valence-electron chi connectivity index (χ1n) is 7.87. The van der Waals surface area contributed by atoms with E-state index in [1.807, 2.05) is 6.92 Å². The van der Waals surface area contributed by atoms with Crippen molar-refractivity contribution in [1.29, 1.82) is 0 Å². The van der Waals surface area contributed by atoms with Crippen molar-refractivity contribution in [3.63, 3.8) is 0 Å². The van der Waals surface area contributed by atoms with Crippen molar-refractivity contribution in [3.05, 3.63) is 0 Å². The van der Waals surface area contributed by atoms with Crippen molar-refractivity contribution in [3.8, 4) is 0 Å². The van der Waals surface area contributed by atoms with Crippen LogP contribution in [0.15, 0.2) is 0 Å². The molecule has 20 heavy (non-hydrogen) atoms. The molecular formula is C15H29N3O2. The summed E-state index contributed by atoms with van der Waals surface area (Å²) in [4.78, 5) is 25.1. The number of hydrogen-bond donors (Lipinski definition) is 2. The maximum Gasteiger partial charge on any atom is 0.239 e. The highest BCUT2D eigenvalue weighted by Crippen LogP contribution is 2.21. The Hall–Kier alpha value is -1.10. The zero-order valence-electron chi connectivity index (χ0n) is 12.9. The minimum absolute atomic E-state index is 0.0537. The lowest BCUT2D eigenvalue weighted by Crippen LogP contribution is -2.42. The van der Waals surface area contributed by atoms with Gasteiger partial charge in [-0.1, -0.05) is 26.2 Å². The summed E-state index contributed by atoms with van der Waals surface area (Å²) in [5.41, 5.74) is 0. The van der Waals surface area contributed by atoms with E-state index in [1.165, 1.54) is 32.1 Å². The van der Waals surface area contributed by atoms with Gasteiger partial charge in [0.25, 0.3) is 0 Å². The average Bonchev–Trinajstić information content (AvgIpc) is 2.46. The normalized spacial score (nSPS) is 16.1. The van der Waals surface area contributed by atoms with E-state index in [4.69, 9.17) is 0 Å². The summed E-state index contributed by atoms with van der Waals surface area (Å²) in [6.07, 6.45) is 7.85. The summed E-state index contributed by atoms with van der Waals surface area (Å²) in [6, 6.07) is 0.671. The maximum absolute atomic E-state index is 11.6. The first-order valence-corrected chi connectivity index (χ1v) is 7.87. The van der Waals surface area contributed by atoms with Gasteiger partial charge in [-0.25, -0.2) is 0 Å². The van der Waals surface area contributed by atoms with Crippen LogP contribution in [-0.2, 0) is 9.59 Å². The first-order chi connectivity index (χ1) is 9.63. The number of rotatable bonds is 8. The molecule has 1 fully saturated rings. The highest BCUT2D eigenvalue weighted by Gasteiger charge is 2.17. The Bertz CT molecular complexity index is 301. The fourth-order valence-corrected chi connectivity index (χ4v) is 2.63. The Kier molecular flexibility index (Phi) is 8.26. The number of carbonyl (C=O) groups excluding carboxylic acids is 2. The molecular weight excluding hydrogens is 254 g/mol. The summed E-state index contributed by atoms with van der Waals surface area (Å²) in [6.45, 7) is 3.56. The highest BCUT2D eigenvalue weighted by atomic mass is 16.2. The predicted octanol–water partition coefficient (Wildman–Crippen LogP) is 1.28. The van der Waals surface area contributed by atoms with Crippen molar-refractivity contribution in [2.45, 2.75) is 57.9 Å². The van der Waals surface area contributed by atoms with Crippen LogP contribution in [0.2, 0.25) is 0 Å². The molecule has 0 unspecified atom stereocenters. The monoisotopic (exact) mass is 283 g/mol. The van der Waals surface area contributed by atoms with Gasteiger partial charge in [0.15, 0.2) is 0 Å². The Morgan fingerprint density at radius 2 is 1.80 bits per heavy atom. The van der Waals surface area contributed by atoms with Crippen molar-refractivity contribution >= 4 is 11.8 Å². The number of amides is 2. The molecule has 0 radical (unpaired) electrons. The van der Waals surface area contributed by atoms with Gasteiger partial charge in [-0.05, 0) is 26.3 Å². The SMILES string of the molecule is CCCC(=O)NCC(=O)NCCN(C)C1CCCCC1. The van der Waals surface area contributed by atoms with E-state index in [-0.39, 0.29) is 18.4 Å². The van der Waals surface area contributed by atoms with Crippen LogP contribution in [0.3, 0.4) is 0 Å². The Labute approximate surface area is 122 Å². The van der Waals surface area contributed by atoms with Gasteiger partial charge in [-0.3, -0.25) is 9.59 Å². The van der Waals surface area contributed by atoms with Crippen LogP contribution in [0.1, 0.15) is 51.9 Å². The first kappa shape index (κ1) is 17.0. The molecule has 1 aliphatic rings. The lowest BCUT2D eigenvalue weighted by atomic mass is 9.94.